The standard InChI is InChI=1S/C16H19N3/c1-3-17-15-11(2)14(12-7-5-4-6-8-12)18-16(19-15)13-9-10-13/h4-8,13H,3,9-10H2,1-2H3,(H,17,18,19). The van der Waals surface area contributed by atoms with Crippen molar-refractivity contribution in [2.75, 3.05) is 11.9 Å². The number of benzene rings is 1. The summed E-state index contributed by atoms with van der Waals surface area (Å²) in [6.07, 6.45) is 2.45. The highest BCUT2D eigenvalue weighted by atomic mass is 15.0. The molecule has 0 saturated heterocycles. The maximum absolute atomic E-state index is 4.80. The Morgan fingerprint density at radius 2 is 1.89 bits per heavy atom. The monoisotopic (exact) mass is 253 g/mol. The minimum atomic E-state index is 0.570. The number of nitrogens with zero attached hydrogens (tertiary/aromatic N) is 2. The zero-order chi connectivity index (χ0) is 13.2. The van der Waals surface area contributed by atoms with Crippen LogP contribution in [-0.2, 0) is 0 Å². The molecule has 1 aliphatic carbocycles. The van der Waals surface area contributed by atoms with Gasteiger partial charge in [-0.3, -0.25) is 0 Å². The van der Waals surface area contributed by atoms with Gasteiger partial charge in [0.1, 0.15) is 11.6 Å². The third-order valence-corrected chi connectivity index (χ3v) is 3.50. The SMILES string of the molecule is CCNc1nc(C2CC2)nc(-c2ccccc2)c1C. The van der Waals surface area contributed by atoms with E-state index in [-0.39, 0.29) is 0 Å². The van der Waals surface area contributed by atoms with Gasteiger partial charge in [-0.1, -0.05) is 30.3 Å². The third kappa shape index (κ3) is 2.46. The van der Waals surface area contributed by atoms with Crippen LogP contribution in [0.3, 0.4) is 0 Å². The van der Waals surface area contributed by atoms with E-state index >= 15 is 0 Å². The van der Waals surface area contributed by atoms with Crippen molar-refractivity contribution in [3.05, 3.63) is 41.7 Å². The second-order valence-corrected chi connectivity index (χ2v) is 5.07. The molecular weight excluding hydrogens is 234 g/mol. The summed E-state index contributed by atoms with van der Waals surface area (Å²) >= 11 is 0. The zero-order valence-corrected chi connectivity index (χ0v) is 11.5. The molecule has 1 N–H and O–H groups in total. The van der Waals surface area contributed by atoms with Crippen molar-refractivity contribution < 1.29 is 0 Å². The smallest absolute Gasteiger partial charge is 0.134 e. The molecule has 0 aliphatic heterocycles. The van der Waals surface area contributed by atoms with E-state index in [1.165, 1.54) is 18.4 Å². The molecule has 0 bridgehead atoms. The van der Waals surface area contributed by atoms with E-state index in [1.807, 2.05) is 6.07 Å². The lowest BCUT2D eigenvalue weighted by molar-refractivity contribution is 0.918. The average molecular weight is 253 g/mol. The van der Waals surface area contributed by atoms with E-state index < -0.39 is 0 Å². The number of rotatable bonds is 4. The van der Waals surface area contributed by atoms with Gasteiger partial charge in [0.15, 0.2) is 0 Å². The quantitative estimate of drug-likeness (QED) is 0.901. The van der Waals surface area contributed by atoms with Crippen LogP contribution < -0.4 is 5.32 Å². The summed E-state index contributed by atoms with van der Waals surface area (Å²) in [4.78, 5) is 9.48. The van der Waals surface area contributed by atoms with E-state index in [1.54, 1.807) is 0 Å². The van der Waals surface area contributed by atoms with Crippen LogP contribution in [0.5, 0.6) is 0 Å². The minimum absolute atomic E-state index is 0.570. The van der Waals surface area contributed by atoms with Gasteiger partial charge in [0.25, 0.3) is 0 Å². The summed E-state index contributed by atoms with van der Waals surface area (Å²) in [5.74, 6) is 2.55. The highest BCUT2D eigenvalue weighted by molar-refractivity contribution is 5.68. The van der Waals surface area contributed by atoms with Crippen LogP contribution in [-0.4, -0.2) is 16.5 Å². The highest BCUT2D eigenvalue weighted by Gasteiger charge is 2.28. The Morgan fingerprint density at radius 3 is 2.53 bits per heavy atom. The van der Waals surface area contributed by atoms with Crippen molar-refractivity contribution >= 4 is 5.82 Å². The van der Waals surface area contributed by atoms with Crippen LogP contribution in [0.1, 0.15) is 37.1 Å². The van der Waals surface area contributed by atoms with Gasteiger partial charge in [0.05, 0.1) is 5.69 Å². The molecule has 0 unspecified atom stereocenters. The number of anilines is 1. The molecule has 1 heterocycles. The van der Waals surface area contributed by atoms with Crippen molar-refractivity contribution in [1.82, 2.24) is 9.97 Å². The number of hydrogen-bond donors (Lipinski definition) is 1. The molecule has 2 aromatic rings. The summed E-state index contributed by atoms with van der Waals surface area (Å²) in [6, 6.07) is 10.4. The van der Waals surface area contributed by atoms with Gasteiger partial charge >= 0.3 is 0 Å². The topological polar surface area (TPSA) is 37.8 Å². The van der Waals surface area contributed by atoms with Crippen LogP contribution in [0, 0.1) is 6.92 Å². The van der Waals surface area contributed by atoms with Gasteiger partial charge in [0.2, 0.25) is 0 Å². The molecule has 1 aliphatic rings. The average Bonchev–Trinajstić information content (AvgIpc) is 3.27. The van der Waals surface area contributed by atoms with Crippen LogP contribution in [0.25, 0.3) is 11.3 Å². The Balaban J connectivity index is 2.11. The van der Waals surface area contributed by atoms with Crippen LogP contribution in [0.15, 0.2) is 30.3 Å². The third-order valence-electron chi connectivity index (χ3n) is 3.50. The van der Waals surface area contributed by atoms with Gasteiger partial charge in [-0.25, -0.2) is 9.97 Å². The van der Waals surface area contributed by atoms with Gasteiger partial charge in [-0.05, 0) is 26.7 Å². The molecule has 0 atom stereocenters. The van der Waals surface area contributed by atoms with Crippen molar-refractivity contribution in [1.29, 1.82) is 0 Å². The Kier molecular flexibility index (Phi) is 3.20. The molecule has 1 aromatic heterocycles. The number of hydrogen-bond acceptors (Lipinski definition) is 3. The summed E-state index contributed by atoms with van der Waals surface area (Å²) in [5, 5.41) is 3.36. The summed E-state index contributed by atoms with van der Waals surface area (Å²) in [5.41, 5.74) is 3.37. The van der Waals surface area contributed by atoms with Crippen molar-refractivity contribution in [3.8, 4) is 11.3 Å². The predicted octanol–water partition coefficient (Wildman–Crippen LogP) is 3.76. The van der Waals surface area contributed by atoms with E-state index in [2.05, 4.69) is 48.4 Å². The van der Waals surface area contributed by atoms with E-state index in [0.29, 0.717) is 5.92 Å². The highest BCUT2D eigenvalue weighted by Crippen LogP contribution is 2.40. The maximum Gasteiger partial charge on any atom is 0.134 e. The predicted molar refractivity (Wildman–Crippen MR) is 78.3 cm³/mol. The Hall–Kier alpha value is -1.90. The number of aromatic nitrogens is 2. The van der Waals surface area contributed by atoms with Gasteiger partial charge < -0.3 is 5.32 Å². The molecule has 0 radical (unpaired) electrons. The van der Waals surface area contributed by atoms with Gasteiger partial charge in [-0.15, -0.1) is 0 Å². The molecule has 98 valence electrons. The van der Waals surface area contributed by atoms with Crippen molar-refractivity contribution in [2.24, 2.45) is 0 Å². The second kappa shape index (κ2) is 5.00. The zero-order valence-electron chi connectivity index (χ0n) is 11.5. The van der Waals surface area contributed by atoms with Crippen LogP contribution in [0.4, 0.5) is 5.82 Å². The Morgan fingerprint density at radius 1 is 1.16 bits per heavy atom. The molecule has 19 heavy (non-hydrogen) atoms. The fourth-order valence-electron chi connectivity index (χ4n) is 2.27. The molecule has 3 rings (SSSR count). The lowest BCUT2D eigenvalue weighted by Gasteiger charge is -2.13. The van der Waals surface area contributed by atoms with Gasteiger partial charge in [-0.2, -0.15) is 0 Å². The molecule has 1 aromatic carbocycles. The molecule has 1 fully saturated rings. The van der Waals surface area contributed by atoms with Crippen molar-refractivity contribution in [3.63, 3.8) is 0 Å². The minimum Gasteiger partial charge on any atom is -0.370 e. The molecular formula is C16H19N3. The normalized spacial score (nSPS) is 14.4. The van der Waals surface area contributed by atoms with Crippen LogP contribution >= 0.6 is 0 Å². The van der Waals surface area contributed by atoms with E-state index in [9.17, 15) is 0 Å². The largest absolute Gasteiger partial charge is 0.370 e. The lowest BCUT2D eigenvalue weighted by Crippen LogP contribution is -2.07. The lowest BCUT2D eigenvalue weighted by atomic mass is 10.1. The Labute approximate surface area is 114 Å². The first-order valence-electron chi connectivity index (χ1n) is 6.97. The molecule has 3 heteroatoms. The fourth-order valence-corrected chi connectivity index (χ4v) is 2.27. The maximum atomic E-state index is 4.80. The fraction of sp³-hybridized carbons (Fsp3) is 0.375. The molecule has 3 nitrogen and oxygen atoms in total. The van der Waals surface area contributed by atoms with Crippen LogP contribution in [0.2, 0.25) is 0 Å². The summed E-state index contributed by atoms with van der Waals surface area (Å²) < 4.78 is 0. The molecule has 0 amide bonds. The van der Waals surface area contributed by atoms with Crippen molar-refractivity contribution in [2.45, 2.75) is 32.6 Å². The molecule has 0 spiro atoms. The van der Waals surface area contributed by atoms with Gasteiger partial charge in [0, 0.05) is 23.6 Å². The summed E-state index contributed by atoms with van der Waals surface area (Å²) in [6.45, 7) is 5.08. The Bertz CT molecular complexity index is 574. The second-order valence-electron chi connectivity index (χ2n) is 5.07. The first kappa shape index (κ1) is 12.2. The first-order chi connectivity index (χ1) is 9.29. The van der Waals surface area contributed by atoms with E-state index in [0.717, 1.165) is 29.4 Å². The van der Waals surface area contributed by atoms with E-state index in [4.69, 9.17) is 4.98 Å². The first-order valence-corrected chi connectivity index (χ1v) is 6.97. The molecule has 1 saturated carbocycles. The summed E-state index contributed by atoms with van der Waals surface area (Å²) in [7, 11) is 0. The number of nitrogens with one attached hydrogen (secondary N) is 1.